The van der Waals surface area contributed by atoms with E-state index in [9.17, 15) is 13.6 Å². The number of nitrogens with one attached hydrogen (secondary N) is 1. The Morgan fingerprint density at radius 1 is 1.20 bits per heavy atom. The normalized spacial score (nSPS) is 19.1. The molecule has 3 heterocycles. The molecular weight excluding hydrogens is 388 g/mol. The average Bonchev–Trinajstić information content (AvgIpc) is 3.26. The summed E-state index contributed by atoms with van der Waals surface area (Å²) in [7, 11) is 0. The first-order valence-electron chi connectivity index (χ1n) is 10.1. The van der Waals surface area contributed by atoms with E-state index in [1.807, 2.05) is 11.0 Å². The Hall–Kier alpha value is -3.29. The number of benzene rings is 1. The third kappa shape index (κ3) is 3.65. The number of nitrogens with zero attached hydrogens (tertiary/aromatic N) is 4. The summed E-state index contributed by atoms with van der Waals surface area (Å²) >= 11 is 0. The molecule has 30 heavy (non-hydrogen) atoms. The molecule has 1 saturated carbocycles. The van der Waals surface area contributed by atoms with Gasteiger partial charge in [-0.05, 0) is 56.0 Å². The fourth-order valence-corrected chi connectivity index (χ4v) is 3.93. The number of fused-ring (bicyclic) bond motifs is 1. The predicted octanol–water partition coefficient (Wildman–Crippen LogP) is 3.64. The largest absolute Gasteiger partial charge is 0.350 e. The van der Waals surface area contributed by atoms with E-state index >= 15 is 0 Å². The Labute approximate surface area is 172 Å². The van der Waals surface area contributed by atoms with Crippen LogP contribution in [0.1, 0.15) is 42.9 Å². The number of aromatic nitrogens is 3. The minimum absolute atomic E-state index is 0.130. The summed E-state index contributed by atoms with van der Waals surface area (Å²) in [5.74, 6) is -0.321. The molecular formula is C22H21F2N5O. The molecule has 0 spiro atoms. The number of hydrogen-bond donors (Lipinski definition) is 1. The summed E-state index contributed by atoms with van der Waals surface area (Å²) in [5.41, 5.74) is 1.67. The molecule has 6 nitrogen and oxygen atoms in total. The minimum atomic E-state index is -0.450. The zero-order valence-corrected chi connectivity index (χ0v) is 16.3. The van der Waals surface area contributed by atoms with Gasteiger partial charge in [-0.15, -0.1) is 0 Å². The van der Waals surface area contributed by atoms with Crippen LogP contribution in [-0.2, 0) is 4.79 Å². The van der Waals surface area contributed by atoms with Crippen LogP contribution >= 0.6 is 0 Å². The lowest BCUT2D eigenvalue weighted by Crippen LogP contribution is -2.24. The topological polar surface area (TPSA) is 62.5 Å². The van der Waals surface area contributed by atoms with Gasteiger partial charge < -0.3 is 10.2 Å². The molecule has 2 fully saturated rings. The molecule has 2 aliphatic rings. The Kier molecular flexibility index (Phi) is 4.69. The summed E-state index contributed by atoms with van der Waals surface area (Å²) < 4.78 is 29.7. The summed E-state index contributed by atoms with van der Waals surface area (Å²) in [6.45, 7) is 0.701. The monoisotopic (exact) mass is 409 g/mol. The third-order valence-electron chi connectivity index (χ3n) is 5.58. The SMILES string of the molecule is O=C(C=Cc1cnn2ccc(N3CCCC3c3cc(F)ccc3F)nc12)NC1CC1. The number of amides is 1. The van der Waals surface area contributed by atoms with E-state index in [2.05, 4.69) is 10.4 Å². The first kappa shape index (κ1) is 18.7. The van der Waals surface area contributed by atoms with Crippen molar-refractivity contribution in [1.82, 2.24) is 19.9 Å². The summed E-state index contributed by atoms with van der Waals surface area (Å²) in [4.78, 5) is 18.7. The highest BCUT2D eigenvalue weighted by atomic mass is 19.1. The van der Waals surface area contributed by atoms with Crippen molar-refractivity contribution in [3.05, 3.63) is 65.5 Å². The van der Waals surface area contributed by atoms with Gasteiger partial charge in [0.25, 0.3) is 0 Å². The molecule has 5 rings (SSSR count). The smallest absolute Gasteiger partial charge is 0.244 e. The van der Waals surface area contributed by atoms with Crippen molar-refractivity contribution in [3.8, 4) is 0 Å². The third-order valence-corrected chi connectivity index (χ3v) is 5.58. The number of carbonyl (C=O) groups excluding carboxylic acids is 1. The minimum Gasteiger partial charge on any atom is -0.350 e. The van der Waals surface area contributed by atoms with Crippen molar-refractivity contribution >= 4 is 23.4 Å². The second-order valence-electron chi connectivity index (χ2n) is 7.79. The van der Waals surface area contributed by atoms with Crippen molar-refractivity contribution in [2.24, 2.45) is 0 Å². The van der Waals surface area contributed by atoms with Gasteiger partial charge in [-0.2, -0.15) is 5.10 Å². The van der Waals surface area contributed by atoms with Crippen LogP contribution in [0.2, 0.25) is 0 Å². The zero-order chi connectivity index (χ0) is 20.7. The molecule has 1 aromatic carbocycles. The fraction of sp³-hybridized carbons (Fsp3) is 0.318. The molecule has 1 N–H and O–H groups in total. The van der Waals surface area contributed by atoms with E-state index in [0.29, 0.717) is 29.6 Å². The van der Waals surface area contributed by atoms with Crippen molar-refractivity contribution in [2.75, 3.05) is 11.4 Å². The average molecular weight is 409 g/mol. The predicted molar refractivity (Wildman–Crippen MR) is 109 cm³/mol. The molecule has 1 aliphatic heterocycles. The van der Waals surface area contributed by atoms with Crippen LogP contribution < -0.4 is 10.2 Å². The Morgan fingerprint density at radius 2 is 2.07 bits per heavy atom. The Balaban J connectivity index is 1.44. The van der Waals surface area contributed by atoms with Gasteiger partial charge in [-0.1, -0.05) is 0 Å². The molecule has 3 aromatic rings. The molecule has 1 amide bonds. The quantitative estimate of drug-likeness (QED) is 0.654. The highest BCUT2D eigenvalue weighted by molar-refractivity contribution is 5.93. The number of carbonyl (C=O) groups is 1. The van der Waals surface area contributed by atoms with Crippen LogP contribution in [0.3, 0.4) is 0 Å². The summed E-state index contributed by atoms with van der Waals surface area (Å²) in [6, 6.07) is 5.41. The first-order valence-corrected chi connectivity index (χ1v) is 10.1. The van der Waals surface area contributed by atoms with Crippen LogP contribution in [0.5, 0.6) is 0 Å². The Bertz CT molecular complexity index is 1140. The van der Waals surface area contributed by atoms with Crippen molar-refractivity contribution < 1.29 is 13.6 Å². The van der Waals surface area contributed by atoms with E-state index in [-0.39, 0.29) is 11.9 Å². The maximum Gasteiger partial charge on any atom is 0.244 e. The van der Waals surface area contributed by atoms with E-state index < -0.39 is 11.6 Å². The number of rotatable bonds is 5. The van der Waals surface area contributed by atoms with Gasteiger partial charge in [0.15, 0.2) is 5.65 Å². The second-order valence-corrected chi connectivity index (χ2v) is 7.79. The van der Waals surface area contributed by atoms with E-state index in [1.54, 1.807) is 23.0 Å². The van der Waals surface area contributed by atoms with Gasteiger partial charge in [0.05, 0.1) is 12.2 Å². The highest BCUT2D eigenvalue weighted by Crippen LogP contribution is 2.36. The van der Waals surface area contributed by atoms with Gasteiger partial charge in [0, 0.05) is 36.0 Å². The zero-order valence-electron chi connectivity index (χ0n) is 16.3. The lowest BCUT2D eigenvalue weighted by Gasteiger charge is -2.26. The number of anilines is 1. The number of hydrogen-bond acceptors (Lipinski definition) is 4. The van der Waals surface area contributed by atoms with E-state index in [1.165, 1.54) is 18.2 Å². The summed E-state index contributed by atoms with van der Waals surface area (Å²) in [6.07, 6.45) is 10.3. The molecule has 0 bridgehead atoms. The van der Waals surface area contributed by atoms with Gasteiger partial charge >= 0.3 is 0 Å². The molecule has 1 aliphatic carbocycles. The van der Waals surface area contributed by atoms with Gasteiger partial charge in [-0.25, -0.2) is 18.3 Å². The van der Waals surface area contributed by atoms with Gasteiger partial charge in [-0.3, -0.25) is 4.79 Å². The second kappa shape index (κ2) is 7.51. The summed E-state index contributed by atoms with van der Waals surface area (Å²) in [5, 5.41) is 7.19. The molecule has 1 atom stereocenters. The van der Waals surface area contributed by atoms with Crippen LogP contribution in [0.15, 0.2) is 42.7 Å². The lowest BCUT2D eigenvalue weighted by molar-refractivity contribution is -0.116. The van der Waals surface area contributed by atoms with Crippen molar-refractivity contribution in [3.63, 3.8) is 0 Å². The van der Waals surface area contributed by atoms with Gasteiger partial charge in [0.1, 0.15) is 17.5 Å². The van der Waals surface area contributed by atoms with Crippen LogP contribution in [-0.4, -0.2) is 33.1 Å². The van der Waals surface area contributed by atoms with E-state index in [4.69, 9.17) is 4.98 Å². The van der Waals surface area contributed by atoms with Gasteiger partial charge in [0.2, 0.25) is 5.91 Å². The molecule has 8 heteroatoms. The molecule has 1 saturated heterocycles. The Morgan fingerprint density at radius 3 is 2.90 bits per heavy atom. The fourth-order valence-electron chi connectivity index (χ4n) is 3.93. The van der Waals surface area contributed by atoms with Crippen molar-refractivity contribution in [1.29, 1.82) is 0 Å². The van der Waals surface area contributed by atoms with Crippen LogP contribution in [0.25, 0.3) is 11.7 Å². The molecule has 2 aromatic heterocycles. The molecule has 154 valence electrons. The first-order chi connectivity index (χ1) is 14.6. The van der Waals surface area contributed by atoms with Crippen LogP contribution in [0.4, 0.5) is 14.6 Å². The number of halogens is 2. The lowest BCUT2D eigenvalue weighted by atomic mass is 10.0. The maximum absolute atomic E-state index is 14.4. The molecule has 0 radical (unpaired) electrons. The molecule has 1 unspecified atom stereocenters. The highest BCUT2D eigenvalue weighted by Gasteiger charge is 2.30. The standard InChI is InChI=1S/C22H21F2N5O/c23-15-4-7-18(24)17(12-15)19-2-1-10-28(19)20-9-11-29-22(27-20)14(13-25-29)3-8-21(30)26-16-5-6-16/h3-4,7-9,11-13,16,19H,1-2,5-6,10H2,(H,26,30). The van der Waals surface area contributed by atoms with Crippen molar-refractivity contribution in [2.45, 2.75) is 37.8 Å². The van der Waals surface area contributed by atoms with Crippen LogP contribution in [0, 0.1) is 11.6 Å². The van der Waals surface area contributed by atoms with E-state index in [0.717, 1.165) is 37.3 Å². The maximum atomic E-state index is 14.4.